The first-order valence-electron chi connectivity index (χ1n) is 11.6. The number of hydrogen-bond acceptors (Lipinski definition) is 5. The van der Waals surface area contributed by atoms with Gasteiger partial charge < -0.3 is 9.30 Å². The van der Waals surface area contributed by atoms with Crippen LogP contribution in [0.15, 0.2) is 36.8 Å². The number of pyridine rings is 2. The number of nitriles is 1. The van der Waals surface area contributed by atoms with Gasteiger partial charge in [-0.25, -0.2) is 4.98 Å². The Labute approximate surface area is 202 Å². The van der Waals surface area contributed by atoms with Crippen LogP contribution in [0.25, 0.3) is 22.2 Å². The first-order chi connectivity index (χ1) is 16.1. The highest BCUT2D eigenvalue weighted by Crippen LogP contribution is 2.33. The number of hydrogen-bond donors (Lipinski definition) is 0. The number of aryl methyl sites for hydroxylation is 3. The first kappa shape index (κ1) is 23.9. The molecule has 176 valence electrons. The molecule has 4 aromatic heterocycles. The van der Waals surface area contributed by atoms with E-state index in [-0.39, 0.29) is 0 Å². The molecule has 34 heavy (non-hydrogen) atoms. The van der Waals surface area contributed by atoms with Crippen LogP contribution in [0.2, 0.25) is 25.7 Å². The van der Waals surface area contributed by atoms with Crippen LogP contribution < -0.4 is 0 Å². The van der Waals surface area contributed by atoms with E-state index in [4.69, 9.17) is 9.72 Å². The third-order valence-electron chi connectivity index (χ3n) is 5.90. The maximum atomic E-state index is 9.95. The second kappa shape index (κ2) is 9.53. The van der Waals surface area contributed by atoms with Gasteiger partial charge in [-0.2, -0.15) is 10.4 Å². The average Bonchev–Trinajstić information content (AvgIpc) is 3.28. The molecule has 7 nitrogen and oxygen atoms in total. The molecule has 0 radical (unpaired) electrons. The normalized spacial score (nSPS) is 11.8. The van der Waals surface area contributed by atoms with Crippen molar-refractivity contribution in [3.05, 3.63) is 65.0 Å². The summed E-state index contributed by atoms with van der Waals surface area (Å²) in [4.78, 5) is 9.35. The average molecular weight is 473 g/mol. The highest BCUT2D eigenvalue weighted by Gasteiger charge is 2.19. The van der Waals surface area contributed by atoms with Gasteiger partial charge in [0.1, 0.15) is 18.4 Å². The fourth-order valence-electron chi connectivity index (χ4n) is 4.09. The van der Waals surface area contributed by atoms with E-state index in [9.17, 15) is 5.26 Å². The Kier molecular flexibility index (Phi) is 6.69. The second-order valence-electron chi connectivity index (χ2n) is 10.1. The van der Waals surface area contributed by atoms with E-state index < -0.39 is 8.07 Å². The molecule has 4 aromatic rings. The van der Waals surface area contributed by atoms with E-state index in [1.807, 2.05) is 53.9 Å². The SMILES string of the molecule is Cc1cc(-c2cc(Cc3nn(C)cc3C)nc3c2c(C#N)cn3COCC[Si](C)(C)C)ccn1. The van der Waals surface area contributed by atoms with Gasteiger partial charge in [-0.15, -0.1) is 0 Å². The molecule has 0 aliphatic rings. The Morgan fingerprint density at radius 2 is 1.94 bits per heavy atom. The largest absolute Gasteiger partial charge is 0.361 e. The van der Waals surface area contributed by atoms with Crippen LogP contribution in [0.4, 0.5) is 0 Å². The van der Waals surface area contributed by atoms with E-state index in [0.717, 1.165) is 50.8 Å². The number of aromatic nitrogens is 5. The molecule has 0 aliphatic heterocycles. The van der Waals surface area contributed by atoms with Gasteiger partial charge in [0.15, 0.2) is 0 Å². The molecular weight excluding hydrogens is 440 g/mol. The van der Waals surface area contributed by atoms with Gasteiger partial charge in [0.2, 0.25) is 0 Å². The molecule has 0 aromatic carbocycles. The minimum absolute atomic E-state index is 0.372. The van der Waals surface area contributed by atoms with Gasteiger partial charge in [-0.1, -0.05) is 19.6 Å². The zero-order chi connectivity index (χ0) is 24.5. The second-order valence-corrected chi connectivity index (χ2v) is 15.7. The topological polar surface area (TPSA) is 81.5 Å². The Balaban J connectivity index is 1.81. The number of fused-ring (bicyclic) bond motifs is 1. The van der Waals surface area contributed by atoms with Crippen molar-refractivity contribution in [3.8, 4) is 17.2 Å². The summed E-state index contributed by atoms with van der Waals surface area (Å²) in [5.41, 5.74) is 7.33. The number of rotatable bonds is 8. The van der Waals surface area contributed by atoms with E-state index >= 15 is 0 Å². The summed E-state index contributed by atoms with van der Waals surface area (Å²) >= 11 is 0. The maximum absolute atomic E-state index is 9.95. The number of nitrogens with zero attached hydrogens (tertiary/aromatic N) is 6. The minimum atomic E-state index is -1.18. The van der Waals surface area contributed by atoms with Crippen molar-refractivity contribution in [3.63, 3.8) is 0 Å². The monoisotopic (exact) mass is 472 g/mol. The molecule has 8 heteroatoms. The summed E-state index contributed by atoms with van der Waals surface area (Å²) in [6.45, 7) is 12.1. The molecule has 0 unspecified atom stereocenters. The Morgan fingerprint density at radius 1 is 1.15 bits per heavy atom. The van der Waals surface area contributed by atoms with Crippen LogP contribution in [-0.4, -0.2) is 39.0 Å². The lowest BCUT2D eigenvalue weighted by atomic mass is 9.99. The molecule has 0 amide bonds. The van der Waals surface area contributed by atoms with Crippen molar-refractivity contribution in [2.45, 2.75) is 52.7 Å². The molecule has 0 spiro atoms. The van der Waals surface area contributed by atoms with Crippen molar-refractivity contribution in [2.75, 3.05) is 6.61 Å². The highest BCUT2D eigenvalue weighted by molar-refractivity contribution is 6.76. The van der Waals surface area contributed by atoms with Crippen LogP contribution in [0.5, 0.6) is 0 Å². The van der Waals surface area contributed by atoms with Crippen LogP contribution in [0.1, 0.15) is 28.2 Å². The van der Waals surface area contributed by atoms with Crippen molar-refractivity contribution < 1.29 is 4.74 Å². The van der Waals surface area contributed by atoms with Gasteiger partial charge in [0.25, 0.3) is 0 Å². The standard InChI is InChI=1S/C26H32N6OSi/c1-18-15-31(3)30-24(18)13-22-12-23(20-7-8-28-19(2)11-20)25-21(14-27)16-32(26(25)29-22)17-33-9-10-34(4,5)6/h7-8,11-12,15-16H,9-10,13,17H2,1-6H3. The first-order valence-corrected chi connectivity index (χ1v) is 15.3. The molecule has 0 N–H and O–H groups in total. The van der Waals surface area contributed by atoms with Crippen molar-refractivity contribution >= 4 is 19.1 Å². The number of ether oxygens (including phenoxy) is 1. The lowest BCUT2D eigenvalue weighted by Gasteiger charge is -2.16. The minimum Gasteiger partial charge on any atom is -0.361 e. The maximum Gasteiger partial charge on any atom is 0.144 e. The van der Waals surface area contributed by atoms with Gasteiger partial charge in [-0.3, -0.25) is 9.67 Å². The molecule has 0 atom stereocenters. The van der Waals surface area contributed by atoms with Crippen molar-refractivity contribution in [2.24, 2.45) is 7.05 Å². The van der Waals surface area contributed by atoms with Crippen LogP contribution in [0, 0.1) is 25.2 Å². The Hall–Kier alpha value is -3.28. The smallest absolute Gasteiger partial charge is 0.144 e. The molecule has 0 saturated heterocycles. The van der Waals surface area contributed by atoms with Gasteiger partial charge >= 0.3 is 0 Å². The summed E-state index contributed by atoms with van der Waals surface area (Å²) in [6, 6.07) is 9.59. The predicted molar refractivity (Wildman–Crippen MR) is 137 cm³/mol. The molecule has 0 aliphatic carbocycles. The van der Waals surface area contributed by atoms with Gasteiger partial charge in [-0.05, 0) is 54.8 Å². The molecule has 0 fully saturated rings. The summed E-state index contributed by atoms with van der Waals surface area (Å²) in [5.74, 6) is 0. The third kappa shape index (κ3) is 5.27. The fourth-order valence-corrected chi connectivity index (χ4v) is 4.85. The summed E-state index contributed by atoms with van der Waals surface area (Å²) < 4.78 is 9.82. The zero-order valence-electron chi connectivity index (χ0n) is 20.9. The molecule has 4 rings (SSSR count). The molecular formula is C26H32N6OSi. The van der Waals surface area contributed by atoms with E-state index in [1.54, 1.807) is 0 Å². The molecule has 4 heterocycles. The third-order valence-corrected chi connectivity index (χ3v) is 7.60. The van der Waals surface area contributed by atoms with Gasteiger partial charge in [0, 0.05) is 63.5 Å². The summed E-state index contributed by atoms with van der Waals surface area (Å²) in [6.07, 6.45) is 6.30. The lowest BCUT2D eigenvalue weighted by Crippen LogP contribution is -2.22. The summed E-state index contributed by atoms with van der Waals surface area (Å²) in [7, 11) is 0.749. The summed E-state index contributed by atoms with van der Waals surface area (Å²) in [5, 5.41) is 15.4. The Morgan fingerprint density at radius 3 is 2.59 bits per heavy atom. The highest BCUT2D eigenvalue weighted by atomic mass is 28.3. The van der Waals surface area contributed by atoms with Crippen LogP contribution >= 0.6 is 0 Å². The van der Waals surface area contributed by atoms with Crippen LogP contribution in [-0.2, 0) is 24.9 Å². The van der Waals surface area contributed by atoms with Crippen molar-refractivity contribution in [1.82, 2.24) is 24.3 Å². The fraction of sp³-hybridized carbons (Fsp3) is 0.385. The van der Waals surface area contributed by atoms with Crippen molar-refractivity contribution in [1.29, 1.82) is 5.26 Å². The molecule has 0 saturated carbocycles. The van der Waals surface area contributed by atoms with Crippen LogP contribution in [0.3, 0.4) is 0 Å². The Bertz CT molecular complexity index is 1370. The predicted octanol–water partition coefficient (Wildman–Crippen LogP) is 5.22. The van der Waals surface area contributed by atoms with Gasteiger partial charge in [0.05, 0.1) is 11.3 Å². The quantitative estimate of drug-likeness (QED) is 0.259. The lowest BCUT2D eigenvalue weighted by molar-refractivity contribution is 0.0898. The van der Waals surface area contributed by atoms with E-state index in [2.05, 4.69) is 48.8 Å². The zero-order valence-corrected chi connectivity index (χ0v) is 21.9. The van der Waals surface area contributed by atoms with E-state index in [1.165, 1.54) is 0 Å². The molecule has 0 bridgehead atoms. The van der Waals surface area contributed by atoms with E-state index in [0.29, 0.717) is 25.3 Å².